The molecule has 1 N–H and O–H groups in total. The topological polar surface area (TPSA) is 81.9 Å². The van der Waals surface area contributed by atoms with Crippen LogP contribution < -0.4 is 15.7 Å². The van der Waals surface area contributed by atoms with E-state index in [0.29, 0.717) is 47.1 Å². The normalized spacial score (nSPS) is 13.3. The lowest BCUT2D eigenvalue weighted by molar-refractivity contribution is 0.327. The molecule has 3 aromatic rings. The maximum Gasteiger partial charge on any atom is 0.354 e. The van der Waals surface area contributed by atoms with Gasteiger partial charge in [-0.05, 0) is 19.1 Å². The standard InChI is InChI=1S/C15H12ClN5O2/c1-8-9(3-2-4-17-8)21-10-7-11(16)19-14-12(10)13(20-15(21)22)18-5-6-23-14/h2-4,7H,5-6H2,1H3,(H,18,20,22). The Morgan fingerprint density at radius 3 is 3.09 bits per heavy atom. The maximum atomic E-state index is 12.6. The highest BCUT2D eigenvalue weighted by atomic mass is 35.5. The number of hydrogen-bond donors (Lipinski definition) is 1. The lowest BCUT2D eigenvalue weighted by atomic mass is 10.2. The van der Waals surface area contributed by atoms with Crippen molar-refractivity contribution in [1.29, 1.82) is 0 Å². The Labute approximate surface area is 135 Å². The highest BCUT2D eigenvalue weighted by Crippen LogP contribution is 2.33. The number of nitrogens with one attached hydrogen (secondary N) is 1. The van der Waals surface area contributed by atoms with Gasteiger partial charge in [0, 0.05) is 12.3 Å². The van der Waals surface area contributed by atoms with E-state index in [9.17, 15) is 4.79 Å². The summed E-state index contributed by atoms with van der Waals surface area (Å²) in [6.07, 6.45) is 1.67. The lowest BCUT2D eigenvalue weighted by Gasteiger charge is -2.14. The number of hydrogen-bond acceptors (Lipinski definition) is 6. The van der Waals surface area contributed by atoms with Crippen molar-refractivity contribution in [3.8, 4) is 11.6 Å². The van der Waals surface area contributed by atoms with Gasteiger partial charge < -0.3 is 10.1 Å². The molecule has 0 unspecified atom stereocenters. The minimum absolute atomic E-state index is 0.251. The van der Waals surface area contributed by atoms with Gasteiger partial charge in [0.1, 0.15) is 23.0 Å². The Bertz CT molecular complexity index is 985. The second-order valence-electron chi connectivity index (χ2n) is 5.11. The number of aryl methyl sites for hydroxylation is 1. The fourth-order valence-electron chi connectivity index (χ4n) is 2.68. The first-order valence-electron chi connectivity index (χ1n) is 7.07. The fourth-order valence-corrected chi connectivity index (χ4v) is 2.86. The van der Waals surface area contributed by atoms with Crippen molar-refractivity contribution in [3.05, 3.63) is 45.7 Å². The Balaban J connectivity index is 2.18. The number of ether oxygens (including phenoxy) is 1. The summed E-state index contributed by atoms with van der Waals surface area (Å²) in [6, 6.07) is 5.22. The summed E-state index contributed by atoms with van der Waals surface area (Å²) in [5.41, 5.74) is 1.53. The van der Waals surface area contributed by atoms with Crippen LogP contribution in [-0.4, -0.2) is 32.7 Å². The SMILES string of the molecule is Cc1ncccc1-n1c(=O)nc2c3c(nc(Cl)cc31)OCCN2. The summed E-state index contributed by atoms with van der Waals surface area (Å²) in [5, 5.41) is 3.98. The van der Waals surface area contributed by atoms with Gasteiger partial charge in [0.25, 0.3) is 0 Å². The van der Waals surface area contributed by atoms with E-state index in [1.54, 1.807) is 18.3 Å². The average Bonchev–Trinajstić information content (AvgIpc) is 2.71. The summed E-state index contributed by atoms with van der Waals surface area (Å²) in [7, 11) is 0. The van der Waals surface area contributed by atoms with Crippen molar-refractivity contribution >= 4 is 28.3 Å². The molecule has 0 atom stereocenters. The van der Waals surface area contributed by atoms with Gasteiger partial charge >= 0.3 is 5.69 Å². The fraction of sp³-hybridized carbons (Fsp3) is 0.200. The molecule has 1 aliphatic rings. The predicted molar refractivity (Wildman–Crippen MR) is 86.7 cm³/mol. The van der Waals surface area contributed by atoms with Gasteiger partial charge in [0.2, 0.25) is 5.88 Å². The Morgan fingerprint density at radius 1 is 1.39 bits per heavy atom. The summed E-state index contributed by atoms with van der Waals surface area (Å²) >= 11 is 6.12. The molecule has 0 saturated heterocycles. The molecule has 4 rings (SSSR count). The van der Waals surface area contributed by atoms with Crippen LogP contribution in [0.15, 0.2) is 29.2 Å². The second-order valence-corrected chi connectivity index (χ2v) is 5.49. The lowest BCUT2D eigenvalue weighted by Crippen LogP contribution is -2.24. The monoisotopic (exact) mass is 329 g/mol. The van der Waals surface area contributed by atoms with Crippen molar-refractivity contribution < 1.29 is 4.74 Å². The van der Waals surface area contributed by atoms with Crippen LogP contribution in [-0.2, 0) is 0 Å². The van der Waals surface area contributed by atoms with E-state index in [-0.39, 0.29) is 5.15 Å². The molecular weight excluding hydrogens is 318 g/mol. The summed E-state index contributed by atoms with van der Waals surface area (Å²) in [5.74, 6) is 0.828. The van der Waals surface area contributed by atoms with Crippen LogP contribution >= 0.6 is 11.6 Å². The van der Waals surface area contributed by atoms with E-state index in [1.807, 2.05) is 13.0 Å². The van der Waals surface area contributed by atoms with Crippen LogP contribution in [0.5, 0.6) is 5.88 Å². The van der Waals surface area contributed by atoms with Crippen LogP contribution in [0.4, 0.5) is 5.82 Å². The average molecular weight is 330 g/mol. The van der Waals surface area contributed by atoms with Crippen molar-refractivity contribution in [2.45, 2.75) is 6.92 Å². The van der Waals surface area contributed by atoms with E-state index < -0.39 is 5.69 Å². The number of aromatic nitrogens is 4. The van der Waals surface area contributed by atoms with Crippen LogP contribution in [0.25, 0.3) is 16.6 Å². The second kappa shape index (κ2) is 5.20. The molecule has 0 aliphatic carbocycles. The molecule has 116 valence electrons. The first-order valence-corrected chi connectivity index (χ1v) is 7.45. The Hall–Kier alpha value is -2.67. The third-order valence-corrected chi connectivity index (χ3v) is 3.86. The quantitative estimate of drug-likeness (QED) is 0.687. The number of anilines is 1. The molecule has 0 saturated carbocycles. The minimum Gasteiger partial charge on any atom is -0.475 e. The van der Waals surface area contributed by atoms with Gasteiger partial charge in [-0.15, -0.1) is 0 Å². The van der Waals surface area contributed by atoms with Gasteiger partial charge in [-0.3, -0.25) is 9.55 Å². The minimum atomic E-state index is -0.411. The molecule has 0 fully saturated rings. The van der Waals surface area contributed by atoms with Crippen molar-refractivity contribution in [3.63, 3.8) is 0 Å². The van der Waals surface area contributed by atoms with Crippen molar-refractivity contribution in [1.82, 2.24) is 19.5 Å². The third kappa shape index (κ3) is 2.20. The predicted octanol–water partition coefficient (Wildman–Crippen LogP) is 1.94. The van der Waals surface area contributed by atoms with Crippen LogP contribution in [0.2, 0.25) is 5.15 Å². The zero-order valence-electron chi connectivity index (χ0n) is 12.2. The van der Waals surface area contributed by atoms with Gasteiger partial charge in [0.05, 0.1) is 23.4 Å². The molecule has 0 spiro atoms. The molecule has 8 heteroatoms. The van der Waals surface area contributed by atoms with Gasteiger partial charge in [0.15, 0.2) is 0 Å². The maximum absolute atomic E-state index is 12.6. The molecule has 0 bridgehead atoms. The Kier molecular flexibility index (Phi) is 3.16. The van der Waals surface area contributed by atoms with E-state index >= 15 is 0 Å². The van der Waals surface area contributed by atoms with E-state index in [1.165, 1.54) is 4.57 Å². The third-order valence-electron chi connectivity index (χ3n) is 3.66. The van der Waals surface area contributed by atoms with E-state index in [4.69, 9.17) is 16.3 Å². The molecule has 1 aliphatic heterocycles. The summed E-state index contributed by atoms with van der Waals surface area (Å²) < 4.78 is 7.11. The van der Waals surface area contributed by atoms with E-state index in [0.717, 1.165) is 0 Å². The van der Waals surface area contributed by atoms with Crippen LogP contribution in [0.3, 0.4) is 0 Å². The highest BCUT2D eigenvalue weighted by molar-refractivity contribution is 6.30. The molecule has 0 amide bonds. The Morgan fingerprint density at radius 2 is 2.26 bits per heavy atom. The largest absolute Gasteiger partial charge is 0.475 e. The number of halogens is 1. The van der Waals surface area contributed by atoms with Crippen LogP contribution in [0.1, 0.15) is 5.69 Å². The summed E-state index contributed by atoms with van der Waals surface area (Å²) in [4.78, 5) is 25.2. The summed E-state index contributed by atoms with van der Waals surface area (Å²) in [6.45, 7) is 2.78. The van der Waals surface area contributed by atoms with Gasteiger partial charge in [-0.1, -0.05) is 11.6 Å². The zero-order valence-corrected chi connectivity index (χ0v) is 13.0. The first kappa shape index (κ1) is 14.0. The van der Waals surface area contributed by atoms with E-state index in [2.05, 4.69) is 20.3 Å². The molecule has 23 heavy (non-hydrogen) atoms. The molecular formula is C15H12ClN5O2. The zero-order chi connectivity index (χ0) is 16.0. The van der Waals surface area contributed by atoms with Crippen molar-refractivity contribution in [2.24, 2.45) is 0 Å². The molecule has 0 radical (unpaired) electrons. The van der Waals surface area contributed by atoms with Crippen molar-refractivity contribution in [2.75, 3.05) is 18.5 Å². The highest BCUT2D eigenvalue weighted by Gasteiger charge is 2.21. The molecule has 4 heterocycles. The molecule has 3 aromatic heterocycles. The molecule has 7 nitrogen and oxygen atoms in total. The van der Waals surface area contributed by atoms with Gasteiger partial charge in [-0.25, -0.2) is 9.78 Å². The smallest absolute Gasteiger partial charge is 0.354 e. The number of nitrogens with zero attached hydrogens (tertiary/aromatic N) is 4. The van der Waals surface area contributed by atoms with Crippen LogP contribution in [0, 0.1) is 6.92 Å². The first-order chi connectivity index (χ1) is 11.1. The van der Waals surface area contributed by atoms with Gasteiger partial charge in [-0.2, -0.15) is 4.98 Å². The number of rotatable bonds is 1. The number of pyridine rings is 2. The molecule has 0 aromatic carbocycles.